The minimum atomic E-state index is -0.634. The zero-order chi connectivity index (χ0) is 20.4. The maximum Gasteiger partial charge on any atom is 0.338 e. The van der Waals surface area contributed by atoms with Gasteiger partial charge in [-0.05, 0) is 38.5 Å². The van der Waals surface area contributed by atoms with Gasteiger partial charge in [-0.2, -0.15) is 0 Å². The third-order valence-corrected chi connectivity index (χ3v) is 5.18. The van der Waals surface area contributed by atoms with Gasteiger partial charge in [0.1, 0.15) is 5.75 Å². The highest BCUT2D eigenvalue weighted by atomic mass is 32.2. The summed E-state index contributed by atoms with van der Waals surface area (Å²) >= 11 is 1.49. The molecule has 0 spiro atoms. The topological polar surface area (TPSA) is 85.3 Å². The molecule has 0 saturated carbocycles. The van der Waals surface area contributed by atoms with Gasteiger partial charge < -0.3 is 9.47 Å². The summed E-state index contributed by atoms with van der Waals surface area (Å²) in [6.07, 6.45) is 0.0775. The summed E-state index contributed by atoms with van der Waals surface area (Å²) in [7, 11) is 0. The highest BCUT2D eigenvalue weighted by Gasteiger charge is 2.41. The van der Waals surface area contributed by atoms with Gasteiger partial charge in [0.05, 0.1) is 23.4 Å². The molecule has 28 heavy (non-hydrogen) atoms. The number of thioether (sulfide) groups is 1. The normalized spacial score (nSPS) is 19.3. The van der Waals surface area contributed by atoms with Crippen molar-refractivity contribution in [3.05, 3.63) is 41.1 Å². The van der Waals surface area contributed by atoms with E-state index in [-0.39, 0.29) is 12.0 Å². The van der Waals surface area contributed by atoms with Gasteiger partial charge in [-0.3, -0.25) is 14.5 Å². The molecule has 0 radical (unpaired) electrons. The molecule has 0 N–H and O–H groups in total. The predicted octanol–water partition coefficient (Wildman–Crippen LogP) is 3.21. The fourth-order valence-electron chi connectivity index (χ4n) is 3.13. The Balaban J connectivity index is 2.06. The quantitative estimate of drug-likeness (QED) is 0.568. The lowest BCUT2D eigenvalue weighted by Crippen LogP contribution is -2.46. The van der Waals surface area contributed by atoms with Crippen LogP contribution in [0, 0.1) is 0 Å². The van der Waals surface area contributed by atoms with E-state index in [9.17, 15) is 14.4 Å². The van der Waals surface area contributed by atoms with Gasteiger partial charge in [0.15, 0.2) is 5.17 Å². The molecule has 1 saturated heterocycles. The smallest absolute Gasteiger partial charge is 0.338 e. The molecule has 1 aromatic rings. The maximum atomic E-state index is 12.8. The Morgan fingerprint density at radius 2 is 1.93 bits per heavy atom. The number of ether oxygens (including phenoxy) is 2. The minimum absolute atomic E-state index is 0.0890. The van der Waals surface area contributed by atoms with Crippen LogP contribution in [0.3, 0.4) is 0 Å². The van der Waals surface area contributed by atoms with Gasteiger partial charge in [0, 0.05) is 19.1 Å². The van der Waals surface area contributed by atoms with Gasteiger partial charge in [-0.15, -0.1) is 0 Å². The molecule has 2 heterocycles. The number of nitrogens with zero attached hydrogens (tertiary/aromatic N) is 2. The number of rotatable bonds is 4. The average Bonchev–Trinajstić information content (AvgIpc) is 2.60. The summed E-state index contributed by atoms with van der Waals surface area (Å²) < 4.78 is 10.5. The second-order valence-electron chi connectivity index (χ2n) is 6.77. The van der Waals surface area contributed by atoms with Crippen LogP contribution in [0.4, 0.5) is 0 Å². The van der Waals surface area contributed by atoms with E-state index in [1.807, 2.05) is 0 Å². The Labute approximate surface area is 167 Å². The molecule has 148 valence electrons. The standard InChI is InChI=1S/C20H22N2O5S/c1-11(2)26-19(25)17-12(3)21-20-22(16(24)9-10-28-20)18(17)14-5-7-15(8-6-14)27-13(4)23/h5-8,11,18H,9-10H2,1-4H3/t18-/m0/s1. The van der Waals surface area contributed by atoms with Crippen LogP contribution in [-0.4, -0.2) is 39.8 Å². The third kappa shape index (κ3) is 4.11. The number of allylic oxidation sites excluding steroid dienone is 1. The fourth-order valence-corrected chi connectivity index (χ4v) is 4.14. The second-order valence-corrected chi connectivity index (χ2v) is 7.84. The zero-order valence-corrected chi connectivity index (χ0v) is 17.0. The molecule has 1 aromatic carbocycles. The first-order chi connectivity index (χ1) is 13.3. The van der Waals surface area contributed by atoms with Crippen LogP contribution in [0.5, 0.6) is 5.75 Å². The molecule has 3 rings (SSSR count). The minimum Gasteiger partial charge on any atom is -0.459 e. The van der Waals surface area contributed by atoms with Crippen LogP contribution in [0.25, 0.3) is 0 Å². The number of fused-ring (bicyclic) bond motifs is 1. The number of aliphatic imine (C=N–C) groups is 1. The molecule has 0 aromatic heterocycles. The Morgan fingerprint density at radius 1 is 1.25 bits per heavy atom. The van der Waals surface area contributed by atoms with Crippen LogP contribution in [0.2, 0.25) is 0 Å². The molecule has 0 bridgehead atoms. The molecular formula is C20H22N2O5S. The number of amidine groups is 1. The molecule has 8 heteroatoms. The fraction of sp³-hybridized carbons (Fsp3) is 0.400. The number of esters is 2. The largest absolute Gasteiger partial charge is 0.459 e. The Bertz CT molecular complexity index is 873. The molecule has 1 amide bonds. The SMILES string of the molecule is CC(=O)Oc1ccc([C@H]2C(C(=O)OC(C)C)=C(C)N=C3SCCC(=O)N32)cc1. The monoisotopic (exact) mass is 402 g/mol. The van der Waals surface area contributed by atoms with E-state index in [1.54, 1.807) is 49.9 Å². The number of carbonyl (C=O) groups is 3. The van der Waals surface area contributed by atoms with E-state index in [2.05, 4.69) is 4.99 Å². The van der Waals surface area contributed by atoms with E-state index in [1.165, 1.54) is 18.7 Å². The summed E-state index contributed by atoms with van der Waals surface area (Å²) in [5.74, 6) is 0.0547. The summed E-state index contributed by atoms with van der Waals surface area (Å²) in [4.78, 5) is 42.8. The first kappa shape index (κ1) is 20.1. The highest BCUT2D eigenvalue weighted by molar-refractivity contribution is 8.14. The summed E-state index contributed by atoms with van der Waals surface area (Å²) in [6, 6.07) is 6.14. The summed E-state index contributed by atoms with van der Waals surface area (Å²) in [5.41, 5.74) is 1.59. The first-order valence-corrected chi connectivity index (χ1v) is 10.00. The van der Waals surface area contributed by atoms with Crippen molar-refractivity contribution < 1.29 is 23.9 Å². The van der Waals surface area contributed by atoms with Crippen molar-refractivity contribution in [1.29, 1.82) is 0 Å². The van der Waals surface area contributed by atoms with E-state index in [4.69, 9.17) is 9.47 Å². The van der Waals surface area contributed by atoms with Gasteiger partial charge in [0.25, 0.3) is 0 Å². The van der Waals surface area contributed by atoms with E-state index in [0.29, 0.717) is 39.9 Å². The third-order valence-electron chi connectivity index (χ3n) is 4.23. The van der Waals surface area contributed by atoms with Crippen LogP contribution in [-0.2, 0) is 19.1 Å². The number of hydrogen-bond donors (Lipinski definition) is 0. The molecule has 0 unspecified atom stereocenters. The molecule has 1 atom stereocenters. The van der Waals surface area contributed by atoms with Gasteiger partial charge in [0.2, 0.25) is 5.91 Å². The lowest BCUT2D eigenvalue weighted by Gasteiger charge is -2.39. The number of hydrogen-bond acceptors (Lipinski definition) is 7. The Morgan fingerprint density at radius 3 is 2.54 bits per heavy atom. The van der Waals surface area contributed by atoms with E-state index in [0.717, 1.165) is 0 Å². The number of benzene rings is 1. The lowest BCUT2D eigenvalue weighted by molar-refractivity contribution is -0.143. The van der Waals surface area contributed by atoms with Crippen molar-refractivity contribution >= 4 is 34.8 Å². The van der Waals surface area contributed by atoms with Gasteiger partial charge in [-0.25, -0.2) is 9.79 Å². The van der Waals surface area contributed by atoms with E-state index >= 15 is 0 Å². The summed E-state index contributed by atoms with van der Waals surface area (Å²) in [6.45, 7) is 6.63. The van der Waals surface area contributed by atoms with Gasteiger partial charge in [-0.1, -0.05) is 23.9 Å². The predicted molar refractivity (Wildman–Crippen MR) is 106 cm³/mol. The molecular weight excluding hydrogens is 380 g/mol. The molecule has 0 aliphatic carbocycles. The van der Waals surface area contributed by atoms with Crippen LogP contribution in [0.1, 0.15) is 45.7 Å². The van der Waals surface area contributed by atoms with Gasteiger partial charge >= 0.3 is 11.9 Å². The Kier molecular flexibility index (Phi) is 5.88. The van der Waals surface area contributed by atoms with Crippen molar-refractivity contribution in [3.8, 4) is 5.75 Å². The maximum absolute atomic E-state index is 12.8. The van der Waals surface area contributed by atoms with Crippen molar-refractivity contribution in [3.63, 3.8) is 0 Å². The zero-order valence-electron chi connectivity index (χ0n) is 16.2. The van der Waals surface area contributed by atoms with Crippen molar-refractivity contribution in [2.24, 2.45) is 4.99 Å². The molecule has 1 fully saturated rings. The van der Waals surface area contributed by atoms with E-state index < -0.39 is 18.0 Å². The molecule has 2 aliphatic heterocycles. The Hall–Kier alpha value is -2.61. The second kappa shape index (κ2) is 8.18. The van der Waals surface area contributed by atoms with Crippen LogP contribution < -0.4 is 4.74 Å². The molecule has 7 nitrogen and oxygen atoms in total. The number of carbonyl (C=O) groups excluding carboxylic acids is 3. The van der Waals surface area contributed by atoms with Crippen molar-refractivity contribution in [2.75, 3.05) is 5.75 Å². The molecule has 2 aliphatic rings. The van der Waals surface area contributed by atoms with Crippen molar-refractivity contribution in [1.82, 2.24) is 4.90 Å². The summed E-state index contributed by atoms with van der Waals surface area (Å²) in [5, 5.41) is 0.587. The van der Waals surface area contributed by atoms with Crippen LogP contribution >= 0.6 is 11.8 Å². The lowest BCUT2D eigenvalue weighted by atomic mass is 9.94. The number of amides is 1. The van der Waals surface area contributed by atoms with Crippen molar-refractivity contribution in [2.45, 2.75) is 46.3 Å². The highest BCUT2D eigenvalue weighted by Crippen LogP contribution is 2.40. The average molecular weight is 402 g/mol. The first-order valence-electron chi connectivity index (χ1n) is 9.01. The van der Waals surface area contributed by atoms with Crippen LogP contribution in [0.15, 0.2) is 40.5 Å².